The highest BCUT2D eigenvalue weighted by Gasteiger charge is 2.13. The fourth-order valence-electron chi connectivity index (χ4n) is 2.70. The smallest absolute Gasteiger partial charge is 0.165 e. The number of aromatic nitrogens is 2. The Hall–Kier alpha value is -2.69. The average Bonchev–Trinajstić information content (AvgIpc) is 2.61. The summed E-state index contributed by atoms with van der Waals surface area (Å²) in [4.78, 5) is 9.04. The number of benzene rings is 3. The van der Waals surface area contributed by atoms with Crippen LogP contribution in [0.15, 0.2) is 66.7 Å². The molecule has 3 aromatic carbocycles. The highest BCUT2D eigenvalue weighted by molar-refractivity contribution is 6.35. The molecule has 1 heterocycles. The molecule has 0 aliphatic rings. The molecule has 0 amide bonds. The van der Waals surface area contributed by atoms with Crippen LogP contribution >= 0.6 is 23.2 Å². The molecule has 0 bridgehead atoms. The predicted molar refractivity (Wildman–Crippen MR) is 105 cm³/mol. The van der Waals surface area contributed by atoms with Gasteiger partial charge in [-0.3, -0.25) is 0 Å². The van der Waals surface area contributed by atoms with Gasteiger partial charge in [-0.05, 0) is 42.5 Å². The molecule has 0 atom stereocenters. The summed E-state index contributed by atoms with van der Waals surface area (Å²) in [6.07, 6.45) is 0. The first-order valence-corrected chi connectivity index (χ1v) is 8.60. The van der Waals surface area contributed by atoms with Crippen LogP contribution in [-0.2, 0) is 0 Å². The van der Waals surface area contributed by atoms with E-state index in [2.05, 4.69) is 15.3 Å². The Bertz CT molecular complexity index is 1090. The number of fused-ring (bicyclic) bond motifs is 1. The zero-order valence-corrected chi connectivity index (χ0v) is 14.9. The van der Waals surface area contributed by atoms with Crippen LogP contribution in [0.25, 0.3) is 22.3 Å². The summed E-state index contributed by atoms with van der Waals surface area (Å²) in [6, 6.07) is 19.1. The lowest BCUT2D eigenvalue weighted by Gasteiger charge is -2.12. The van der Waals surface area contributed by atoms with Crippen molar-refractivity contribution in [3.8, 4) is 11.4 Å². The number of para-hydroxylation sites is 1. The minimum atomic E-state index is -0.375. The highest BCUT2D eigenvalue weighted by Crippen LogP contribution is 2.30. The van der Waals surface area contributed by atoms with Gasteiger partial charge in [-0.25, -0.2) is 14.4 Å². The third-order valence-corrected chi connectivity index (χ3v) is 4.28. The maximum absolute atomic E-state index is 14.2. The van der Waals surface area contributed by atoms with E-state index < -0.39 is 0 Å². The second kappa shape index (κ2) is 6.90. The minimum Gasteiger partial charge on any atom is -0.340 e. The summed E-state index contributed by atoms with van der Waals surface area (Å²) in [7, 11) is 0. The van der Waals surface area contributed by atoms with Crippen molar-refractivity contribution in [2.24, 2.45) is 0 Å². The quantitative estimate of drug-likeness (QED) is 0.439. The molecular formula is C20H12Cl2FN3. The third-order valence-electron chi connectivity index (χ3n) is 3.84. The summed E-state index contributed by atoms with van der Waals surface area (Å²) in [5.41, 5.74) is 1.73. The number of nitrogens with zero attached hydrogens (tertiary/aromatic N) is 2. The lowest BCUT2D eigenvalue weighted by Crippen LogP contribution is -2.00. The van der Waals surface area contributed by atoms with Crippen molar-refractivity contribution in [1.82, 2.24) is 9.97 Å². The lowest BCUT2D eigenvalue weighted by molar-refractivity contribution is 0.630. The second-order valence-corrected chi connectivity index (χ2v) is 6.55. The van der Waals surface area contributed by atoms with E-state index in [0.717, 1.165) is 5.39 Å². The monoisotopic (exact) mass is 383 g/mol. The maximum Gasteiger partial charge on any atom is 0.165 e. The highest BCUT2D eigenvalue weighted by atomic mass is 35.5. The average molecular weight is 384 g/mol. The molecule has 6 heteroatoms. The van der Waals surface area contributed by atoms with Crippen LogP contribution in [0, 0.1) is 5.82 Å². The fourth-order valence-corrected chi connectivity index (χ4v) is 3.22. The molecule has 1 N–H and O–H groups in total. The Morgan fingerprint density at radius 3 is 2.27 bits per heavy atom. The van der Waals surface area contributed by atoms with E-state index in [9.17, 15) is 4.39 Å². The Morgan fingerprint density at radius 1 is 0.808 bits per heavy atom. The van der Waals surface area contributed by atoms with Crippen molar-refractivity contribution in [3.05, 3.63) is 82.6 Å². The van der Waals surface area contributed by atoms with Crippen LogP contribution in [0.5, 0.6) is 0 Å². The van der Waals surface area contributed by atoms with Crippen molar-refractivity contribution < 1.29 is 4.39 Å². The molecular weight excluding hydrogens is 372 g/mol. The van der Waals surface area contributed by atoms with Gasteiger partial charge in [-0.1, -0.05) is 47.5 Å². The molecule has 1 aromatic heterocycles. The predicted octanol–water partition coefficient (Wildman–Crippen LogP) is 6.49. The number of hydrogen-bond donors (Lipinski definition) is 1. The maximum atomic E-state index is 14.2. The molecule has 26 heavy (non-hydrogen) atoms. The molecule has 0 aliphatic heterocycles. The van der Waals surface area contributed by atoms with Gasteiger partial charge < -0.3 is 5.32 Å². The van der Waals surface area contributed by atoms with E-state index in [1.807, 2.05) is 24.3 Å². The normalized spacial score (nSPS) is 10.9. The van der Waals surface area contributed by atoms with Crippen molar-refractivity contribution >= 4 is 45.6 Å². The van der Waals surface area contributed by atoms with Crippen LogP contribution in [-0.4, -0.2) is 9.97 Å². The van der Waals surface area contributed by atoms with Crippen LogP contribution in [0.4, 0.5) is 15.9 Å². The van der Waals surface area contributed by atoms with Gasteiger partial charge in [-0.2, -0.15) is 0 Å². The molecule has 0 fully saturated rings. The molecule has 4 rings (SSSR count). The molecule has 3 nitrogen and oxygen atoms in total. The second-order valence-electron chi connectivity index (χ2n) is 5.68. The van der Waals surface area contributed by atoms with Gasteiger partial charge in [0, 0.05) is 21.1 Å². The number of halogens is 3. The Morgan fingerprint density at radius 2 is 1.50 bits per heavy atom. The first-order chi connectivity index (χ1) is 12.6. The third kappa shape index (κ3) is 3.34. The van der Waals surface area contributed by atoms with Crippen molar-refractivity contribution in [2.45, 2.75) is 0 Å². The summed E-state index contributed by atoms with van der Waals surface area (Å²) >= 11 is 12.2. The van der Waals surface area contributed by atoms with Gasteiger partial charge in [0.2, 0.25) is 0 Å². The van der Waals surface area contributed by atoms with Gasteiger partial charge in [0.15, 0.2) is 5.82 Å². The zero-order valence-electron chi connectivity index (χ0n) is 13.4. The van der Waals surface area contributed by atoms with Gasteiger partial charge in [0.25, 0.3) is 0 Å². The molecule has 0 saturated heterocycles. The molecule has 0 radical (unpaired) electrons. The molecule has 0 saturated carbocycles. The van der Waals surface area contributed by atoms with E-state index in [4.69, 9.17) is 23.2 Å². The summed E-state index contributed by atoms with van der Waals surface area (Å²) in [5, 5.41) is 5.04. The van der Waals surface area contributed by atoms with Crippen molar-refractivity contribution in [2.75, 3.05) is 5.32 Å². The van der Waals surface area contributed by atoms with Crippen molar-refractivity contribution in [3.63, 3.8) is 0 Å². The van der Waals surface area contributed by atoms with E-state index in [1.165, 1.54) is 6.07 Å². The van der Waals surface area contributed by atoms with Gasteiger partial charge in [-0.15, -0.1) is 0 Å². The molecule has 4 aromatic rings. The van der Waals surface area contributed by atoms with Gasteiger partial charge in [0.05, 0.1) is 11.1 Å². The first kappa shape index (κ1) is 16.8. The Kier molecular flexibility index (Phi) is 4.45. The lowest BCUT2D eigenvalue weighted by atomic mass is 10.1. The Balaban J connectivity index is 1.89. The minimum absolute atomic E-state index is 0.303. The number of nitrogens with one attached hydrogen (secondary N) is 1. The summed E-state index contributed by atoms with van der Waals surface area (Å²) < 4.78 is 14.2. The van der Waals surface area contributed by atoms with E-state index in [-0.39, 0.29) is 5.82 Å². The molecule has 0 unspecified atom stereocenters. The Labute approximate surface area is 159 Å². The molecule has 0 spiro atoms. The van der Waals surface area contributed by atoms with Crippen molar-refractivity contribution in [1.29, 1.82) is 0 Å². The largest absolute Gasteiger partial charge is 0.340 e. The summed E-state index contributed by atoms with van der Waals surface area (Å²) in [6.45, 7) is 0. The number of hydrogen-bond acceptors (Lipinski definition) is 3. The number of rotatable bonds is 3. The van der Waals surface area contributed by atoms with Crippen LogP contribution < -0.4 is 5.32 Å². The first-order valence-electron chi connectivity index (χ1n) is 7.85. The van der Waals surface area contributed by atoms with Gasteiger partial charge >= 0.3 is 0 Å². The van der Waals surface area contributed by atoms with Crippen LogP contribution in [0.2, 0.25) is 10.0 Å². The zero-order chi connectivity index (χ0) is 18.1. The van der Waals surface area contributed by atoms with E-state index in [1.54, 1.807) is 36.4 Å². The van der Waals surface area contributed by atoms with Gasteiger partial charge in [0.1, 0.15) is 11.6 Å². The fraction of sp³-hybridized carbons (Fsp3) is 0. The van der Waals surface area contributed by atoms with Crippen LogP contribution in [0.3, 0.4) is 0 Å². The topological polar surface area (TPSA) is 37.8 Å². The van der Waals surface area contributed by atoms with Crippen LogP contribution in [0.1, 0.15) is 0 Å². The van der Waals surface area contributed by atoms with E-state index in [0.29, 0.717) is 38.5 Å². The van der Waals surface area contributed by atoms with E-state index >= 15 is 0 Å². The SMILES string of the molecule is Fc1ccccc1-c1nc(Nc2cc(Cl)cc(Cl)c2)c2ccccc2n1. The number of anilines is 2. The standard InChI is InChI=1S/C20H12Cl2FN3/c21-12-9-13(22)11-14(10-12)24-20-16-6-2-4-8-18(16)25-19(26-20)15-5-1-3-7-17(15)23/h1-11H,(H,24,25,26). The molecule has 0 aliphatic carbocycles. The molecule has 128 valence electrons. The summed E-state index contributed by atoms with van der Waals surface area (Å²) in [5.74, 6) is 0.476.